The number of nitrogens with one attached hydrogen (secondary N) is 1. The number of nitrogens with zero attached hydrogens (tertiary/aromatic N) is 2. The number of rotatable bonds is 4. The average molecular weight is 334 g/mol. The molecule has 7 heteroatoms. The number of halogens is 1. The summed E-state index contributed by atoms with van der Waals surface area (Å²) in [5, 5.41) is 19.8. The first kappa shape index (κ1) is 15.7. The van der Waals surface area contributed by atoms with Gasteiger partial charge in [-0.3, -0.25) is 9.36 Å². The molecule has 0 fully saturated rings. The van der Waals surface area contributed by atoms with Gasteiger partial charge in [-0.2, -0.15) is 0 Å². The van der Waals surface area contributed by atoms with Gasteiger partial charge < -0.3 is 15.2 Å². The Hall–Kier alpha value is -2.15. The molecule has 1 unspecified atom stereocenters. The first-order chi connectivity index (χ1) is 11.0. The molecule has 23 heavy (non-hydrogen) atoms. The van der Waals surface area contributed by atoms with E-state index in [1.807, 2.05) is 6.92 Å². The Bertz CT molecular complexity index is 917. The van der Waals surface area contributed by atoms with Crippen LogP contribution >= 0.6 is 11.6 Å². The van der Waals surface area contributed by atoms with E-state index in [0.717, 1.165) is 5.69 Å². The molecule has 3 N–H and O–H groups in total. The normalized spacial score (nSPS) is 12.7. The second-order valence-electron chi connectivity index (χ2n) is 5.41. The molecule has 0 aliphatic heterocycles. The van der Waals surface area contributed by atoms with Crippen LogP contribution in [0.2, 0.25) is 5.02 Å². The Kier molecular flexibility index (Phi) is 4.21. The number of aliphatic hydroxyl groups is 2. The zero-order valence-electron chi connectivity index (χ0n) is 12.5. The summed E-state index contributed by atoms with van der Waals surface area (Å²) >= 11 is 6.03. The molecule has 1 atom stereocenters. The van der Waals surface area contributed by atoms with Gasteiger partial charge in [-0.25, -0.2) is 4.98 Å². The molecule has 0 amide bonds. The predicted octanol–water partition coefficient (Wildman–Crippen LogP) is 1.71. The van der Waals surface area contributed by atoms with Crippen LogP contribution in [-0.4, -0.2) is 37.5 Å². The van der Waals surface area contributed by atoms with Gasteiger partial charge in [0.1, 0.15) is 11.5 Å². The summed E-state index contributed by atoms with van der Waals surface area (Å²) < 4.78 is 1.36. The number of aromatic nitrogens is 3. The van der Waals surface area contributed by atoms with Crippen molar-refractivity contribution in [3.05, 3.63) is 51.4 Å². The first-order valence-electron chi connectivity index (χ1n) is 7.14. The number of fused-ring (bicyclic) bond motifs is 1. The molecule has 0 aliphatic rings. The highest BCUT2D eigenvalue weighted by Crippen LogP contribution is 2.22. The predicted molar refractivity (Wildman–Crippen MR) is 88.6 cm³/mol. The molecular weight excluding hydrogens is 318 g/mol. The molecule has 1 aromatic carbocycles. The van der Waals surface area contributed by atoms with E-state index in [9.17, 15) is 9.90 Å². The number of H-pyrrole nitrogens is 1. The summed E-state index contributed by atoms with van der Waals surface area (Å²) in [7, 11) is 0. The molecule has 0 spiro atoms. The maximum Gasteiger partial charge on any atom is 0.263 e. The zero-order chi connectivity index (χ0) is 16.6. The van der Waals surface area contributed by atoms with E-state index in [0.29, 0.717) is 27.4 Å². The Balaban J connectivity index is 2.29. The lowest BCUT2D eigenvalue weighted by Crippen LogP contribution is -2.30. The summed E-state index contributed by atoms with van der Waals surface area (Å²) in [4.78, 5) is 20.3. The second-order valence-corrected chi connectivity index (χ2v) is 5.85. The molecule has 0 radical (unpaired) electrons. The second kappa shape index (κ2) is 6.16. The van der Waals surface area contributed by atoms with Crippen LogP contribution in [0.3, 0.4) is 0 Å². The van der Waals surface area contributed by atoms with Crippen LogP contribution in [0.15, 0.2) is 35.1 Å². The number of benzene rings is 1. The molecule has 2 heterocycles. The van der Waals surface area contributed by atoms with Crippen LogP contribution in [-0.2, 0) is 6.54 Å². The summed E-state index contributed by atoms with van der Waals surface area (Å²) in [5.74, 6) is 0.388. The first-order valence-corrected chi connectivity index (χ1v) is 7.52. The van der Waals surface area contributed by atoms with Gasteiger partial charge in [0.2, 0.25) is 0 Å². The largest absolute Gasteiger partial charge is 0.394 e. The van der Waals surface area contributed by atoms with Gasteiger partial charge in [0.25, 0.3) is 5.56 Å². The Morgan fingerprint density at radius 1 is 1.39 bits per heavy atom. The minimum absolute atomic E-state index is 0.0512. The van der Waals surface area contributed by atoms with Crippen molar-refractivity contribution < 1.29 is 10.2 Å². The molecule has 0 saturated carbocycles. The fraction of sp³-hybridized carbons (Fsp3) is 0.250. The van der Waals surface area contributed by atoms with Crippen molar-refractivity contribution >= 4 is 22.6 Å². The highest BCUT2D eigenvalue weighted by molar-refractivity contribution is 6.30. The molecule has 0 aliphatic carbocycles. The molecule has 2 aromatic heterocycles. The van der Waals surface area contributed by atoms with Gasteiger partial charge in [0.05, 0.1) is 24.6 Å². The van der Waals surface area contributed by atoms with E-state index in [1.165, 1.54) is 4.57 Å². The van der Waals surface area contributed by atoms with Gasteiger partial charge in [0.15, 0.2) is 0 Å². The van der Waals surface area contributed by atoms with E-state index < -0.39 is 12.7 Å². The van der Waals surface area contributed by atoms with E-state index in [2.05, 4.69) is 9.97 Å². The number of aliphatic hydroxyl groups excluding tert-OH is 2. The molecular formula is C16H16ClN3O3. The van der Waals surface area contributed by atoms with E-state index in [1.54, 1.807) is 30.3 Å². The lowest BCUT2D eigenvalue weighted by molar-refractivity contribution is 0.0807. The molecule has 0 bridgehead atoms. The van der Waals surface area contributed by atoms with Gasteiger partial charge >= 0.3 is 0 Å². The summed E-state index contributed by atoms with van der Waals surface area (Å²) in [5.41, 5.74) is 1.69. The van der Waals surface area contributed by atoms with E-state index in [-0.39, 0.29) is 12.1 Å². The van der Waals surface area contributed by atoms with Crippen LogP contribution in [0.25, 0.3) is 22.4 Å². The smallest absolute Gasteiger partial charge is 0.263 e. The fourth-order valence-corrected chi connectivity index (χ4v) is 2.71. The van der Waals surface area contributed by atoms with Gasteiger partial charge in [-0.05, 0) is 25.1 Å². The zero-order valence-corrected chi connectivity index (χ0v) is 13.2. The van der Waals surface area contributed by atoms with Crippen LogP contribution in [0.1, 0.15) is 5.69 Å². The minimum Gasteiger partial charge on any atom is -0.394 e. The quantitative estimate of drug-likeness (QED) is 0.678. The third-order valence-corrected chi connectivity index (χ3v) is 3.80. The van der Waals surface area contributed by atoms with Gasteiger partial charge in [-0.15, -0.1) is 0 Å². The molecule has 120 valence electrons. The van der Waals surface area contributed by atoms with Crippen LogP contribution in [0.4, 0.5) is 0 Å². The molecule has 3 rings (SSSR count). The summed E-state index contributed by atoms with van der Waals surface area (Å²) in [6, 6.07) is 8.70. The lowest BCUT2D eigenvalue weighted by Gasteiger charge is -2.15. The monoisotopic (exact) mass is 333 g/mol. The van der Waals surface area contributed by atoms with Crippen molar-refractivity contribution in [1.29, 1.82) is 0 Å². The molecule has 3 aromatic rings. The van der Waals surface area contributed by atoms with Crippen molar-refractivity contribution in [3.63, 3.8) is 0 Å². The van der Waals surface area contributed by atoms with Crippen LogP contribution in [0, 0.1) is 6.92 Å². The summed E-state index contributed by atoms with van der Waals surface area (Å²) in [6.45, 7) is 1.35. The minimum atomic E-state index is -1.05. The van der Waals surface area contributed by atoms with Crippen LogP contribution < -0.4 is 5.56 Å². The Morgan fingerprint density at radius 2 is 2.17 bits per heavy atom. The van der Waals surface area contributed by atoms with Crippen LogP contribution in [0.5, 0.6) is 0 Å². The highest BCUT2D eigenvalue weighted by atomic mass is 35.5. The number of hydrogen-bond donors (Lipinski definition) is 3. The number of hydrogen-bond acceptors (Lipinski definition) is 4. The average Bonchev–Trinajstić information content (AvgIpc) is 2.90. The molecule has 0 saturated heterocycles. The highest BCUT2D eigenvalue weighted by Gasteiger charge is 2.17. The van der Waals surface area contributed by atoms with Gasteiger partial charge in [0, 0.05) is 16.3 Å². The van der Waals surface area contributed by atoms with Crippen molar-refractivity contribution in [2.75, 3.05) is 6.61 Å². The third kappa shape index (κ3) is 3.01. The number of aromatic amines is 1. The van der Waals surface area contributed by atoms with E-state index in [4.69, 9.17) is 16.7 Å². The lowest BCUT2D eigenvalue weighted by atomic mass is 10.2. The molecule has 6 nitrogen and oxygen atoms in total. The van der Waals surface area contributed by atoms with Crippen molar-refractivity contribution in [2.45, 2.75) is 19.6 Å². The fourth-order valence-electron chi connectivity index (χ4n) is 2.52. The van der Waals surface area contributed by atoms with E-state index >= 15 is 0 Å². The van der Waals surface area contributed by atoms with Gasteiger partial charge in [-0.1, -0.05) is 23.7 Å². The third-order valence-electron chi connectivity index (χ3n) is 3.57. The maximum atomic E-state index is 12.7. The standard InChI is InChI=1S/C16H16ClN3O3/c1-9-5-13-14(18-9)19-15(10-3-2-4-11(17)6-10)20(16(13)23)7-12(22)8-21/h2-6,12,18,21-22H,7-8H2,1H3. The van der Waals surface area contributed by atoms with Crippen molar-refractivity contribution in [2.24, 2.45) is 0 Å². The SMILES string of the molecule is Cc1cc2c(=O)n(CC(O)CO)c(-c3cccc(Cl)c3)nc2[nH]1. The Morgan fingerprint density at radius 3 is 2.87 bits per heavy atom. The van der Waals surface area contributed by atoms with Crippen molar-refractivity contribution in [1.82, 2.24) is 14.5 Å². The summed E-state index contributed by atoms with van der Waals surface area (Å²) in [6.07, 6.45) is -1.05. The number of aryl methyl sites for hydroxylation is 1. The topological polar surface area (TPSA) is 91.1 Å². The maximum absolute atomic E-state index is 12.7. The Labute approximate surface area is 137 Å². The van der Waals surface area contributed by atoms with Crippen molar-refractivity contribution in [3.8, 4) is 11.4 Å².